The molecule has 2 N–H and O–H groups in total. The van der Waals surface area contributed by atoms with E-state index in [1.165, 1.54) is 0 Å². The molecule has 1 rings (SSSR count). The molecule has 15 heavy (non-hydrogen) atoms. The van der Waals surface area contributed by atoms with Crippen LogP contribution in [0.1, 0.15) is 33.6 Å². The van der Waals surface area contributed by atoms with Gasteiger partial charge in [-0.2, -0.15) is 0 Å². The van der Waals surface area contributed by atoms with Crippen LogP contribution in [0.15, 0.2) is 0 Å². The van der Waals surface area contributed by atoms with E-state index in [1.54, 1.807) is 0 Å². The fraction of sp³-hybridized carbons (Fsp3) is 0.909. The van der Waals surface area contributed by atoms with Crippen molar-refractivity contribution in [2.45, 2.75) is 57.8 Å². The summed E-state index contributed by atoms with van der Waals surface area (Å²) >= 11 is 0. The van der Waals surface area contributed by atoms with E-state index < -0.39 is 8.24 Å². The van der Waals surface area contributed by atoms with Crippen molar-refractivity contribution in [2.75, 3.05) is 6.54 Å². The van der Waals surface area contributed by atoms with Crippen molar-refractivity contribution in [2.24, 2.45) is 0 Å². The zero-order valence-electron chi connectivity index (χ0n) is 10.6. The number of nitrogens with one attached hydrogen (secondary N) is 2. The van der Waals surface area contributed by atoms with Crippen LogP contribution < -0.4 is 10.3 Å². The number of hydrogen-bond acceptors (Lipinski definition) is 2. The van der Waals surface area contributed by atoms with Gasteiger partial charge in [0.05, 0.1) is 6.04 Å². The highest BCUT2D eigenvalue weighted by molar-refractivity contribution is 6.79. The van der Waals surface area contributed by atoms with Crippen molar-refractivity contribution >= 4 is 14.1 Å². The first-order valence-corrected chi connectivity index (χ1v) is 8.79. The lowest BCUT2D eigenvalue weighted by atomic mass is 10.2. The zero-order valence-corrected chi connectivity index (χ0v) is 11.6. The summed E-state index contributed by atoms with van der Waals surface area (Å²) in [4.78, 5) is 15.2. The van der Waals surface area contributed by atoms with Crippen LogP contribution in [0, 0.1) is 0 Å². The second-order valence-electron chi connectivity index (χ2n) is 6.01. The van der Waals surface area contributed by atoms with Gasteiger partial charge >= 0.3 is 0 Å². The Balaban J connectivity index is 2.57. The van der Waals surface area contributed by atoms with Gasteiger partial charge in [-0.1, -0.05) is 33.9 Å². The van der Waals surface area contributed by atoms with Crippen LogP contribution in [0.2, 0.25) is 18.1 Å². The predicted molar refractivity (Wildman–Crippen MR) is 66.4 cm³/mol. The van der Waals surface area contributed by atoms with E-state index in [2.05, 4.69) is 44.2 Å². The van der Waals surface area contributed by atoms with E-state index in [-0.39, 0.29) is 17.0 Å². The number of amides is 1. The summed E-state index contributed by atoms with van der Waals surface area (Å²) in [6.07, 6.45) is 2.11. The standard InChI is InChI=1S/C11H24N2OSi/c1-11(2,3)15(4,5)13-10(14)9-7-6-8-12-9/h9,12H,6-8H2,1-5H3,(H,13,14)/t9-/m0/s1. The topological polar surface area (TPSA) is 41.1 Å². The van der Waals surface area contributed by atoms with E-state index in [1.807, 2.05) is 0 Å². The fourth-order valence-electron chi connectivity index (χ4n) is 1.49. The Morgan fingerprint density at radius 2 is 2.00 bits per heavy atom. The monoisotopic (exact) mass is 228 g/mol. The third-order valence-corrected chi connectivity index (χ3v) is 8.31. The van der Waals surface area contributed by atoms with Crippen LogP contribution in [0.5, 0.6) is 0 Å². The highest BCUT2D eigenvalue weighted by Crippen LogP contribution is 2.33. The van der Waals surface area contributed by atoms with Crippen molar-refractivity contribution in [3.8, 4) is 0 Å². The first-order chi connectivity index (χ1) is 6.74. The molecule has 0 aromatic heterocycles. The van der Waals surface area contributed by atoms with Crippen LogP contribution in [0.3, 0.4) is 0 Å². The number of rotatable bonds is 2. The molecule has 1 aliphatic rings. The molecular formula is C11H24N2OSi. The molecule has 0 aromatic rings. The Bertz CT molecular complexity index is 239. The van der Waals surface area contributed by atoms with Gasteiger partial charge in [-0.25, -0.2) is 0 Å². The van der Waals surface area contributed by atoms with Gasteiger partial charge in [0.1, 0.15) is 0 Å². The van der Waals surface area contributed by atoms with Crippen molar-refractivity contribution in [1.82, 2.24) is 10.3 Å². The van der Waals surface area contributed by atoms with Crippen molar-refractivity contribution in [3.63, 3.8) is 0 Å². The number of hydrogen-bond donors (Lipinski definition) is 2. The van der Waals surface area contributed by atoms with Gasteiger partial charge in [0, 0.05) is 0 Å². The molecule has 1 fully saturated rings. The van der Waals surface area contributed by atoms with Crippen molar-refractivity contribution < 1.29 is 4.79 Å². The molecule has 1 amide bonds. The minimum Gasteiger partial charge on any atom is -0.380 e. The molecule has 0 unspecified atom stereocenters. The van der Waals surface area contributed by atoms with Crippen LogP contribution >= 0.6 is 0 Å². The Labute approximate surface area is 94.1 Å². The molecular weight excluding hydrogens is 204 g/mol. The van der Waals surface area contributed by atoms with Crippen LogP contribution in [0.25, 0.3) is 0 Å². The van der Waals surface area contributed by atoms with Gasteiger partial charge < -0.3 is 10.3 Å². The first-order valence-electron chi connectivity index (χ1n) is 5.79. The average molecular weight is 228 g/mol. The van der Waals surface area contributed by atoms with Gasteiger partial charge in [-0.3, -0.25) is 4.79 Å². The Hall–Kier alpha value is -0.353. The number of carbonyl (C=O) groups is 1. The summed E-state index contributed by atoms with van der Waals surface area (Å²) < 4.78 is 0. The van der Waals surface area contributed by atoms with E-state index in [0.717, 1.165) is 19.4 Å². The summed E-state index contributed by atoms with van der Waals surface area (Å²) in [5, 5.41) is 3.45. The first kappa shape index (κ1) is 12.7. The summed E-state index contributed by atoms with van der Waals surface area (Å²) in [6.45, 7) is 12.1. The second kappa shape index (κ2) is 4.26. The van der Waals surface area contributed by atoms with E-state index in [9.17, 15) is 4.79 Å². The van der Waals surface area contributed by atoms with E-state index in [0.29, 0.717) is 0 Å². The minimum absolute atomic E-state index is 0.0547. The molecule has 0 bridgehead atoms. The van der Waals surface area contributed by atoms with Crippen LogP contribution in [0.4, 0.5) is 0 Å². The van der Waals surface area contributed by atoms with E-state index in [4.69, 9.17) is 0 Å². The molecule has 1 saturated heterocycles. The fourth-order valence-corrected chi connectivity index (χ4v) is 2.66. The highest BCUT2D eigenvalue weighted by Gasteiger charge is 2.38. The molecule has 0 radical (unpaired) electrons. The molecule has 0 saturated carbocycles. The summed E-state index contributed by atoms with van der Waals surface area (Å²) in [7, 11) is -1.68. The van der Waals surface area contributed by atoms with Crippen molar-refractivity contribution in [1.29, 1.82) is 0 Å². The molecule has 1 atom stereocenters. The molecule has 0 spiro atoms. The predicted octanol–water partition coefficient (Wildman–Crippen LogP) is 1.86. The number of carbonyl (C=O) groups excluding carboxylic acids is 1. The lowest BCUT2D eigenvalue weighted by Crippen LogP contribution is -2.58. The summed E-state index contributed by atoms with van der Waals surface area (Å²) in [5.41, 5.74) is 0. The molecule has 88 valence electrons. The highest BCUT2D eigenvalue weighted by atomic mass is 28.3. The zero-order chi connectivity index (χ0) is 11.7. The minimum atomic E-state index is -1.68. The molecule has 3 nitrogen and oxygen atoms in total. The maximum atomic E-state index is 12.0. The molecule has 4 heteroatoms. The maximum absolute atomic E-state index is 12.0. The van der Waals surface area contributed by atoms with Gasteiger partial charge in [0.25, 0.3) is 0 Å². The smallest absolute Gasteiger partial charge is 0.229 e. The quantitative estimate of drug-likeness (QED) is 0.708. The Kier molecular flexibility index (Phi) is 3.61. The third kappa shape index (κ3) is 3.05. The molecule has 1 heterocycles. The van der Waals surface area contributed by atoms with Crippen LogP contribution in [-0.4, -0.2) is 26.7 Å². The van der Waals surface area contributed by atoms with Gasteiger partial charge in [0.15, 0.2) is 8.24 Å². The lowest BCUT2D eigenvalue weighted by Gasteiger charge is -2.37. The molecule has 0 aliphatic carbocycles. The normalized spacial score (nSPS) is 22.9. The maximum Gasteiger partial charge on any atom is 0.229 e. The summed E-state index contributed by atoms with van der Waals surface area (Å²) in [6, 6.07) is 0.0547. The lowest BCUT2D eigenvalue weighted by molar-refractivity contribution is -0.121. The van der Waals surface area contributed by atoms with Crippen molar-refractivity contribution in [3.05, 3.63) is 0 Å². The van der Waals surface area contributed by atoms with E-state index >= 15 is 0 Å². The van der Waals surface area contributed by atoms with Gasteiger partial charge in [0.2, 0.25) is 5.91 Å². The molecule has 0 aromatic carbocycles. The van der Waals surface area contributed by atoms with Crippen LogP contribution in [-0.2, 0) is 4.79 Å². The molecule has 1 aliphatic heterocycles. The average Bonchev–Trinajstić information content (AvgIpc) is 2.51. The largest absolute Gasteiger partial charge is 0.380 e. The second-order valence-corrected chi connectivity index (χ2v) is 11.0. The Morgan fingerprint density at radius 3 is 2.40 bits per heavy atom. The Morgan fingerprint density at radius 1 is 1.40 bits per heavy atom. The SMILES string of the molecule is CC(C)(C)[Si](C)(C)NC(=O)[C@@H]1CCCN1. The third-order valence-electron chi connectivity index (χ3n) is 3.69. The van der Waals surface area contributed by atoms with Gasteiger partial charge in [-0.05, 0) is 24.4 Å². The summed E-state index contributed by atoms with van der Waals surface area (Å²) in [5.74, 6) is 0.207. The van der Waals surface area contributed by atoms with Gasteiger partial charge in [-0.15, -0.1) is 0 Å².